The Hall–Kier alpha value is -1.80. The van der Waals surface area contributed by atoms with Gasteiger partial charge in [0.1, 0.15) is 17.1 Å². The lowest BCUT2D eigenvalue weighted by Crippen LogP contribution is -2.08. The number of H-pyrrole nitrogens is 1. The van der Waals surface area contributed by atoms with Crippen molar-refractivity contribution in [3.63, 3.8) is 0 Å². The molecular weight excluding hydrogens is 291 g/mol. The Bertz CT molecular complexity index is 669. The summed E-state index contributed by atoms with van der Waals surface area (Å²) in [6.45, 7) is 0.124. The summed E-state index contributed by atoms with van der Waals surface area (Å²) >= 11 is 4.95. The van der Waals surface area contributed by atoms with Gasteiger partial charge in [0.25, 0.3) is 0 Å². The third kappa shape index (κ3) is 3.20. The number of hydrogen-bond acceptors (Lipinski definition) is 4. The fraction of sp³-hybridized carbons (Fsp3) is 0.250. The minimum atomic E-state index is -4.47. The van der Waals surface area contributed by atoms with E-state index in [1.54, 1.807) is 0 Å². The number of hydrogen-bond donors (Lipinski definition) is 1. The molecule has 0 aromatic carbocycles. The van der Waals surface area contributed by atoms with Gasteiger partial charge >= 0.3 is 6.18 Å². The van der Waals surface area contributed by atoms with Crippen molar-refractivity contribution in [2.24, 2.45) is 0 Å². The van der Waals surface area contributed by atoms with Gasteiger partial charge in [0.2, 0.25) is 0 Å². The van der Waals surface area contributed by atoms with E-state index in [0.717, 1.165) is 18.5 Å². The molecule has 0 atom stereocenters. The molecule has 8 heteroatoms. The Morgan fingerprint density at radius 1 is 1.40 bits per heavy atom. The smallest absolute Gasteiger partial charge is 0.377 e. The SMILES string of the molecule is COCc1nc(=S)cc(-c2cnccc2C(F)(F)F)[nH]1. The molecule has 0 unspecified atom stereocenters. The molecule has 0 saturated carbocycles. The first kappa shape index (κ1) is 14.6. The standard InChI is InChI=1S/C12H10F3N3OS/c1-19-6-10-17-9(4-11(20)18-10)7-5-16-3-2-8(7)12(13,14)15/h2-5H,6H2,1H3,(H,17,18,20). The van der Waals surface area contributed by atoms with Crippen molar-refractivity contribution in [3.8, 4) is 11.3 Å². The van der Waals surface area contributed by atoms with Gasteiger partial charge in [-0.2, -0.15) is 13.2 Å². The number of aromatic nitrogens is 3. The zero-order valence-electron chi connectivity index (χ0n) is 10.4. The second-order valence-electron chi connectivity index (χ2n) is 3.93. The van der Waals surface area contributed by atoms with E-state index in [1.165, 1.54) is 13.2 Å². The van der Waals surface area contributed by atoms with Crippen molar-refractivity contribution in [1.82, 2.24) is 15.0 Å². The fourth-order valence-electron chi connectivity index (χ4n) is 1.71. The van der Waals surface area contributed by atoms with Crippen LogP contribution in [0.2, 0.25) is 0 Å². The van der Waals surface area contributed by atoms with Gasteiger partial charge in [0, 0.05) is 25.1 Å². The first-order valence-electron chi connectivity index (χ1n) is 5.52. The molecule has 0 spiro atoms. The lowest BCUT2D eigenvalue weighted by Gasteiger charge is -2.12. The summed E-state index contributed by atoms with van der Waals surface area (Å²) in [6.07, 6.45) is -2.24. The topological polar surface area (TPSA) is 50.8 Å². The molecule has 0 aliphatic carbocycles. The molecule has 20 heavy (non-hydrogen) atoms. The molecule has 0 amide bonds. The minimum absolute atomic E-state index is 0.0779. The van der Waals surface area contributed by atoms with Crippen LogP contribution in [0.4, 0.5) is 13.2 Å². The van der Waals surface area contributed by atoms with Crippen LogP contribution >= 0.6 is 12.2 Å². The number of halogens is 3. The largest absolute Gasteiger partial charge is 0.417 e. The van der Waals surface area contributed by atoms with Crippen LogP contribution in [0.5, 0.6) is 0 Å². The highest BCUT2D eigenvalue weighted by Gasteiger charge is 2.33. The second kappa shape index (κ2) is 5.68. The van der Waals surface area contributed by atoms with Crippen molar-refractivity contribution >= 4 is 12.2 Å². The summed E-state index contributed by atoms with van der Waals surface area (Å²) in [5.74, 6) is 0.354. The fourth-order valence-corrected chi connectivity index (χ4v) is 1.94. The Morgan fingerprint density at radius 3 is 2.80 bits per heavy atom. The van der Waals surface area contributed by atoms with Crippen LogP contribution in [0, 0.1) is 4.64 Å². The summed E-state index contributed by atoms with van der Waals surface area (Å²) in [5.41, 5.74) is -0.656. The van der Waals surface area contributed by atoms with E-state index >= 15 is 0 Å². The number of rotatable bonds is 3. The van der Waals surface area contributed by atoms with Crippen molar-refractivity contribution in [1.29, 1.82) is 0 Å². The van der Waals surface area contributed by atoms with Crippen molar-refractivity contribution < 1.29 is 17.9 Å². The van der Waals surface area contributed by atoms with Gasteiger partial charge in [0.15, 0.2) is 0 Å². The van der Waals surface area contributed by atoms with Gasteiger partial charge in [-0.15, -0.1) is 0 Å². The summed E-state index contributed by atoms with van der Waals surface area (Å²) in [7, 11) is 1.45. The number of ether oxygens (including phenoxy) is 1. The van der Waals surface area contributed by atoms with E-state index in [1.807, 2.05) is 0 Å². The predicted octanol–water partition coefficient (Wildman–Crippen LogP) is 3.37. The Morgan fingerprint density at radius 2 is 2.15 bits per heavy atom. The van der Waals surface area contributed by atoms with E-state index in [0.29, 0.717) is 5.82 Å². The predicted molar refractivity (Wildman–Crippen MR) is 68.4 cm³/mol. The van der Waals surface area contributed by atoms with Crippen LogP contribution in [0.25, 0.3) is 11.3 Å². The molecule has 2 heterocycles. The van der Waals surface area contributed by atoms with E-state index in [-0.39, 0.29) is 22.5 Å². The highest BCUT2D eigenvalue weighted by Crippen LogP contribution is 2.35. The Kier molecular flexibility index (Phi) is 4.15. The van der Waals surface area contributed by atoms with Crippen molar-refractivity contribution in [2.45, 2.75) is 12.8 Å². The highest BCUT2D eigenvalue weighted by molar-refractivity contribution is 7.71. The molecular formula is C12H10F3N3OS. The molecule has 0 bridgehead atoms. The van der Waals surface area contributed by atoms with Gasteiger partial charge in [-0.25, -0.2) is 4.98 Å². The summed E-state index contributed by atoms with van der Waals surface area (Å²) < 4.78 is 44.0. The van der Waals surface area contributed by atoms with Gasteiger partial charge < -0.3 is 9.72 Å². The third-order valence-electron chi connectivity index (χ3n) is 2.49. The first-order chi connectivity index (χ1) is 9.41. The average molecular weight is 301 g/mol. The van der Waals surface area contributed by atoms with Gasteiger partial charge in [-0.1, -0.05) is 12.2 Å². The van der Waals surface area contributed by atoms with Crippen LogP contribution in [-0.4, -0.2) is 22.1 Å². The van der Waals surface area contributed by atoms with Crippen LogP contribution in [0.1, 0.15) is 11.4 Å². The molecule has 2 aromatic rings. The van der Waals surface area contributed by atoms with Gasteiger partial charge in [-0.05, 0) is 12.1 Å². The highest BCUT2D eigenvalue weighted by atomic mass is 32.1. The molecule has 1 N–H and O–H groups in total. The summed E-state index contributed by atoms with van der Waals surface area (Å²) in [5, 5.41) is 0. The molecule has 0 aliphatic heterocycles. The maximum Gasteiger partial charge on any atom is 0.417 e. The molecule has 0 aliphatic rings. The summed E-state index contributed by atoms with van der Waals surface area (Å²) in [6, 6.07) is 2.28. The third-order valence-corrected chi connectivity index (χ3v) is 2.70. The maximum absolute atomic E-state index is 13.0. The van der Waals surface area contributed by atoms with Crippen LogP contribution < -0.4 is 0 Å². The van der Waals surface area contributed by atoms with Crippen molar-refractivity contribution in [2.75, 3.05) is 7.11 Å². The van der Waals surface area contributed by atoms with E-state index < -0.39 is 11.7 Å². The second-order valence-corrected chi connectivity index (χ2v) is 4.35. The van der Waals surface area contributed by atoms with Crippen LogP contribution in [0.15, 0.2) is 24.5 Å². The Balaban J connectivity index is 2.60. The van der Waals surface area contributed by atoms with Crippen molar-refractivity contribution in [3.05, 3.63) is 40.6 Å². The maximum atomic E-state index is 13.0. The van der Waals surface area contributed by atoms with Gasteiger partial charge in [0.05, 0.1) is 11.3 Å². The molecule has 0 radical (unpaired) electrons. The number of methoxy groups -OCH3 is 1. The average Bonchev–Trinajstić information content (AvgIpc) is 2.37. The quantitative estimate of drug-likeness (QED) is 0.883. The number of nitrogens with zero attached hydrogens (tertiary/aromatic N) is 2. The zero-order chi connectivity index (χ0) is 14.8. The number of pyridine rings is 1. The molecule has 0 saturated heterocycles. The molecule has 106 valence electrons. The Labute approximate surface area is 117 Å². The molecule has 4 nitrogen and oxygen atoms in total. The lowest BCUT2D eigenvalue weighted by atomic mass is 10.1. The van der Waals surface area contributed by atoms with Crippen LogP contribution in [0.3, 0.4) is 0 Å². The number of aromatic amines is 1. The lowest BCUT2D eigenvalue weighted by molar-refractivity contribution is -0.137. The van der Waals surface area contributed by atoms with Gasteiger partial charge in [-0.3, -0.25) is 4.98 Å². The molecule has 2 aromatic heterocycles. The first-order valence-corrected chi connectivity index (χ1v) is 5.93. The zero-order valence-corrected chi connectivity index (χ0v) is 11.2. The molecule has 0 fully saturated rings. The van der Waals surface area contributed by atoms with E-state index in [4.69, 9.17) is 17.0 Å². The van der Waals surface area contributed by atoms with E-state index in [9.17, 15) is 13.2 Å². The molecule has 2 rings (SSSR count). The number of nitrogens with one attached hydrogen (secondary N) is 1. The summed E-state index contributed by atoms with van der Waals surface area (Å²) in [4.78, 5) is 10.5. The minimum Gasteiger partial charge on any atom is -0.377 e. The number of alkyl halides is 3. The van der Waals surface area contributed by atoms with Crippen LogP contribution in [-0.2, 0) is 17.5 Å². The van der Waals surface area contributed by atoms with E-state index in [2.05, 4.69) is 15.0 Å². The monoisotopic (exact) mass is 301 g/mol. The normalized spacial score (nSPS) is 11.6.